The summed E-state index contributed by atoms with van der Waals surface area (Å²) in [5.74, 6) is 0.584. The van der Waals surface area contributed by atoms with Crippen LogP contribution in [-0.4, -0.2) is 24.0 Å². The highest BCUT2D eigenvalue weighted by Crippen LogP contribution is 2.30. The van der Waals surface area contributed by atoms with Gasteiger partial charge in [0, 0.05) is 25.2 Å². The number of hydrogen-bond donors (Lipinski definition) is 1. The van der Waals surface area contributed by atoms with Crippen molar-refractivity contribution < 1.29 is 0 Å². The molecule has 0 bridgehead atoms. The summed E-state index contributed by atoms with van der Waals surface area (Å²) in [6, 6.07) is 16.1. The number of benzene rings is 2. The van der Waals surface area contributed by atoms with Crippen LogP contribution in [0.25, 0.3) is 10.8 Å². The van der Waals surface area contributed by atoms with E-state index in [9.17, 15) is 0 Å². The second-order valence-electron chi connectivity index (χ2n) is 6.17. The van der Waals surface area contributed by atoms with Crippen LogP contribution in [0.3, 0.4) is 0 Å². The Bertz CT molecular complexity index is 587. The molecule has 106 valence electrons. The van der Waals surface area contributed by atoms with E-state index in [0.29, 0.717) is 18.0 Å². The van der Waals surface area contributed by atoms with Crippen LogP contribution in [0.15, 0.2) is 42.5 Å². The third-order valence-electron chi connectivity index (χ3n) is 4.82. The maximum absolute atomic E-state index is 6.14. The van der Waals surface area contributed by atoms with E-state index in [-0.39, 0.29) is 0 Å². The fourth-order valence-corrected chi connectivity index (χ4v) is 3.36. The van der Waals surface area contributed by atoms with Crippen molar-refractivity contribution in [2.45, 2.75) is 32.4 Å². The van der Waals surface area contributed by atoms with Gasteiger partial charge in [-0.3, -0.25) is 4.90 Å². The lowest BCUT2D eigenvalue weighted by Gasteiger charge is -2.39. The minimum Gasteiger partial charge on any atom is -0.327 e. The zero-order valence-corrected chi connectivity index (χ0v) is 12.4. The molecule has 1 aliphatic rings. The van der Waals surface area contributed by atoms with Crippen LogP contribution in [0.1, 0.15) is 31.9 Å². The lowest BCUT2D eigenvalue weighted by Crippen LogP contribution is -2.46. The summed E-state index contributed by atoms with van der Waals surface area (Å²) in [5, 5.41) is 2.71. The molecule has 0 aromatic heterocycles. The molecule has 3 atom stereocenters. The Labute approximate surface area is 121 Å². The van der Waals surface area contributed by atoms with E-state index in [0.717, 1.165) is 19.5 Å². The van der Waals surface area contributed by atoms with Crippen LogP contribution in [0.2, 0.25) is 0 Å². The van der Waals surface area contributed by atoms with E-state index in [1.165, 1.54) is 16.3 Å². The first kappa shape index (κ1) is 13.6. The van der Waals surface area contributed by atoms with Crippen molar-refractivity contribution >= 4 is 10.8 Å². The third-order valence-corrected chi connectivity index (χ3v) is 4.82. The van der Waals surface area contributed by atoms with E-state index >= 15 is 0 Å². The standard InChI is InChI=1S/C18H24N2/c1-13-12-20(11-10-18(13)19)14(2)16-9-5-7-15-6-3-4-8-17(15)16/h3-9,13-14,18H,10-12,19H2,1-2H3. The minimum atomic E-state index is 0.367. The number of fused-ring (bicyclic) bond motifs is 1. The maximum atomic E-state index is 6.14. The van der Waals surface area contributed by atoms with Crippen LogP contribution in [0, 0.1) is 5.92 Å². The van der Waals surface area contributed by atoms with Crippen molar-refractivity contribution in [3.05, 3.63) is 48.0 Å². The number of likely N-dealkylation sites (tertiary alicyclic amines) is 1. The highest BCUT2D eigenvalue weighted by molar-refractivity contribution is 5.86. The molecule has 0 spiro atoms. The fraction of sp³-hybridized carbons (Fsp3) is 0.444. The summed E-state index contributed by atoms with van der Waals surface area (Å²) in [5.41, 5.74) is 7.58. The first-order valence-electron chi connectivity index (χ1n) is 7.64. The van der Waals surface area contributed by atoms with Gasteiger partial charge in [0.05, 0.1) is 0 Å². The lowest BCUT2D eigenvalue weighted by molar-refractivity contribution is 0.125. The molecule has 20 heavy (non-hydrogen) atoms. The van der Waals surface area contributed by atoms with Gasteiger partial charge in [0.2, 0.25) is 0 Å². The summed E-state index contributed by atoms with van der Waals surface area (Å²) < 4.78 is 0. The van der Waals surface area contributed by atoms with Gasteiger partial charge in [0.15, 0.2) is 0 Å². The summed E-state index contributed by atoms with van der Waals surface area (Å²) in [7, 11) is 0. The summed E-state index contributed by atoms with van der Waals surface area (Å²) in [6.45, 7) is 6.80. The average Bonchev–Trinajstić information content (AvgIpc) is 2.49. The minimum absolute atomic E-state index is 0.367. The SMILES string of the molecule is CC1CN(C(C)c2cccc3ccccc23)CCC1N. The Morgan fingerprint density at radius 1 is 1.15 bits per heavy atom. The molecular formula is C18H24N2. The number of nitrogens with zero attached hydrogens (tertiary/aromatic N) is 1. The van der Waals surface area contributed by atoms with Gasteiger partial charge in [0.25, 0.3) is 0 Å². The number of piperidine rings is 1. The van der Waals surface area contributed by atoms with E-state index in [1.54, 1.807) is 0 Å². The highest BCUT2D eigenvalue weighted by atomic mass is 15.2. The van der Waals surface area contributed by atoms with Crippen LogP contribution >= 0.6 is 0 Å². The quantitative estimate of drug-likeness (QED) is 0.902. The van der Waals surface area contributed by atoms with Crippen molar-refractivity contribution in [3.8, 4) is 0 Å². The third kappa shape index (κ3) is 2.46. The molecule has 0 radical (unpaired) electrons. The lowest BCUT2D eigenvalue weighted by atomic mass is 9.91. The molecule has 0 aliphatic carbocycles. The number of rotatable bonds is 2. The molecule has 2 nitrogen and oxygen atoms in total. The molecule has 0 amide bonds. The first-order chi connectivity index (χ1) is 9.66. The smallest absolute Gasteiger partial charge is 0.0326 e. The van der Waals surface area contributed by atoms with Crippen LogP contribution < -0.4 is 5.73 Å². The van der Waals surface area contributed by atoms with Crippen LogP contribution in [0.5, 0.6) is 0 Å². The Morgan fingerprint density at radius 3 is 2.70 bits per heavy atom. The zero-order valence-electron chi connectivity index (χ0n) is 12.4. The molecule has 2 N–H and O–H groups in total. The Morgan fingerprint density at radius 2 is 1.90 bits per heavy atom. The van der Waals surface area contributed by atoms with Gasteiger partial charge in [-0.05, 0) is 35.6 Å². The topological polar surface area (TPSA) is 29.3 Å². The van der Waals surface area contributed by atoms with Crippen molar-refractivity contribution in [2.24, 2.45) is 11.7 Å². The Balaban J connectivity index is 1.91. The monoisotopic (exact) mass is 268 g/mol. The summed E-state index contributed by atoms with van der Waals surface area (Å²) in [6.07, 6.45) is 1.11. The summed E-state index contributed by atoms with van der Waals surface area (Å²) >= 11 is 0. The number of nitrogens with two attached hydrogens (primary N) is 1. The highest BCUT2D eigenvalue weighted by Gasteiger charge is 2.27. The molecule has 2 aromatic rings. The molecule has 1 fully saturated rings. The molecule has 0 saturated carbocycles. The molecule has 1 saturated heterocycles. The molecule has 1 heterocycles. The van der Waals surface area contributed by atoms with Crippen molar-refractivity contribution in [3.63, 3.8) is 0 Å². The second-order valence-corrected chi connectivity index (χ2v) is 6.17. The van der Waals surface area contributed by atoms with Crippen LogP contribution in [0.4, 0.5) is 0 Å². The van der Waals surface area contributed by atoms with Gasteiger partial charge >= 0.3 is 0 Å². The molecule has 2 heteroatoms. The van der Waals surface area contributed by atoms with Gasteiger partial charge in [-0.25, -0.2) is 0 Å². The van der Waals surface area contributed by atoms with Gasteiger partial charge < -0.3 is 5.73 Å². The van der Waals surface area contributed by atoms with E-state index in [4.69, 9.17) is 5.73 Å². The Kier molecular flexibility index (Phi) is 3.77. The van der Waals surface area contributed by atoms with Gasteiger partial charge in [-0.1, -0.05) is 49.4 Å². The molecule has 2 aromatic carbocycles. The summed E-state index contributed by atoms with van der Waals surface area (Å²) in [4.78, 5) is 2.58. The van der Waals surface area contributed by atoms with Gasteiger partial charge in [0.1, 0.15) is 0 Å². The molecular weight excluding hydrogens is 244 g/mol. The van der Waals surface area contributed by atoms with E-state index in [1.807, 2.05) is 0 Å². The van der Waals surface area contributed by atoms with Crippen molar-refractivity contribution in [2.75, 3.05) is 13.1 Å². The van der Waals surface area contributed by atoms with Crippen molar-refractivity contribution in [1.29, 1.82) is 0 Å². The maximum Gasteiger partial charge on any atom is 0.0326 e. The largest absolute Gasteiger partial charge is 0.327 e. The van der Waals surface area contributed by atoms with Gasteiger partial charge in [-0.15, -0.1) is 0 Å². The van der Waals surface area contributed by atoms with Crippen LogP contribution in [-0.2, 0) is 0 Å². The first-order valence-corrected chi connectivity index (χ1v) is 7.64. The fourth-order valence-electron chi connectivity index (χ4n) is 3.36. The zero-order chi connectivity index (χ0) is 14.1. The number of hydrogen-bond acceptors (Lipinski definition) is 2. The van der Waals surface area contributed by atoms with Crippen molar-refractivity contribution in [1.82, 2.24) is 4.90 Å². The normalized spacial score (nSPS) is 25.8. The Hall–Kier alpha value is -1.38. The van der Waals surface area contributed by atoms with E-state index < -0.39 is 0 Å². The predicted molar refractivity (Wildman–Crippen MR) is 85.7 cm³/mol. The second kappa shape index (κ2) is 5.55. The molecule has 3 unspecified atom stereocenters. The molecule has 1 aliphatic heterocycles. The van der Waals surface area contributed by atoms with E-state index in [2.05, 4.69) is 61.2 Å². The average molecular weight is 268 g/mol. The predicted octanol–water partition coefficient (Wildman–Crippen LogP) is 3.57. The van der Waals surface area contributed by atoms with Gasteiger partial charge in [-0.2, -0.15) is 0 Å². The molecule has 3 rings (SSSR count).